The first-order valence-electron chi connectivity index (χ1n) is 8.09. The highest BCUT2D eigenvalue weighted by Crippen LogP contribution is 2.40. The van der Waals surface area contributed by atoms with E-state index >= 15 is 0 Å². The summed E-state index contributed by atoms with van der Waals surface area (Å²) in [6.07, 6.45) is 2.21. The molecule has 0 aliphatic heterocycles. The number of hydrogen-bond donors (Lipinski definition) is 1. The summed E-state index contributed by atoms with van der Waals surface area (Å²) >= 11 is 1.27. The first-order valence-corrected chi connectivity index (χ1v) is 8.97. The molecule has 1 aliphatic rings. The van der Waals surface area contributed by atoms with E-state index in [2.05, 4.69) is 15.5 Å². The number of amides is 1. The third kappa shape index (κ3) is 4.45. The van der Waals surface area contributed by atoms with Gasteiger partial charge in [-0.15, -0.1) is 10.2 Å². The maximum absolute atomic E-state index is 12.3. The van der Waals surface area contributed by atoms with Crippen molar-refractivity contribution in [1.29, 1.82) is 0 Å². The minimum Gasteiger partial charge on any atom is -0.493 e. The number of rotatable bonds is 8. The molecule has 0 saturated heterocycles. The molecule has 1 saturated carbocycles. The smallest absolute Gasteiger partial charge is 0.277 e. The SMILES string of the molecule is COc1ccc(CNC(=O)[C@H](C)Sc2nnc(C3CC3)o2)cc1OC. The van der Waals surface area contributed by atoms with Gasteiger partial charge in [-0.25, -0.2) is 0 Å². The van der Waals surface area contributed by atoms with Crippen LogP contribution in [0.2, 0.25) is 0 Å². The van der Waals surface area contributed by atoms with Crippen molar-refractivity contribution in [3.05, 3.63) is 29.7 Å². The Morgan fingerprint density at radius 1 is 1.32 bits per heavy atom. The molecule has 1 aromatic carbocycles. The molecule has 3 rings (SSSR count). The second-order valence-electron chi connectivity index (χ2n) is 5.85. The summed E-state index contributed by atoms with van der Waals surface area (Å²) < 4.78 is 16.1. The molecule has 134 valence electrons. The summed E-state index contributed by atoms with van der Waals surface area (Å²) in [5.41, 5.74) is 0.928. The molecule has 8 heteroatoms. The molecule has 7 nitrogen and oxygen atoms in total. The lowest BCUT2D eigenvalue weighted by molar-refractivity contribution is -0.120. The van der Waals surface area contributed by atoms with Crippen LogP contribution in [0.4, 0.5) is 0 Å². The molecule has 1 atom stereocenters. The summed E-state index contributed by atoms with van der Waals surface area (Å²) in [5, 5.41) is 11.0. The van der Waals surface area contributed by atoms with Crippen LogP contribution in [0.3, 0.4) is 0 Å². The van der Waals surface area contributed by atoms with Gasteiger partial charge in [-0.3, -0.25) is 4.79 Å². The second kappa shape index (κ2) is 7.77. The largest absolute Gasteiger partial charge is 0.493 e. The number of methoxy groups -OCH3 is 2. The molecule has 1 N–H and O–H groups in total. The molecule has 0 unspecified atom stereocenters. The molecule has 1 aromatic heterocycles. The number of aromatic nitrogens is 2. The second-order valence-corrected chi connectivity index (χ2v) is 7.14. The Balaban J connectivity index is 1.52. The average Bonchev–Trinajstić information content (AvgIpc) is 3.38. The van der Waals surface area contributed by atoms with Crippen LogP contribution in [0.25, 0.3) is 0 Å². The van der Waals surface area contributed by atoms with Gasteiger partial charge in [-0.2, -0.15) is 0 Å². The molecule has 0 radical (unpaired) electrons. The number of thioether (sulfide) groups is 1. The van der Waals surface area contributed by atoms with Crippen molar-refractivity contribution >= 4 is 17.7 Å². The highest BCUT2D eigenvalue weighted by atomic mass is 32.2. The standard InChI is InChI=1S/C17H21N3O4S/c1-10(25-17-20-19-16(24-17)12-5-6-12)15(21)18-9-11-4-7-13(22-2)14(8-11)23-3/h4,7-8,10,12H,5-6,9H2,1-3H3,(H,18,21)/t10-/m0/s1. The Hall–Kier alpha value is -2.22. The molecule has 0 spiro atoms. The van der Waals surface area contributed by atoms with Gasteiger partial charge >= 0.3 is 0 Å². The molecule has 1 heterocycles. The van der Waals surface area contributed by atoms with E-state index in [4.69, 9.17) is 13.9 Å². The summed E-state index contributed by atoms with van der Waals surface area (Å²) in [6, 6.07) is 5.55. The van der Waals surface area contributed by atoms with Crippen LogP contribution in [0.15, 0.2) is 27.8 Å². The lowest BCUT2D eigenvalue weighted by Gasteiger charge is -2.12. The Bertz CT molecular complexity index is 745. The van der Waals surface area contributed by atoms with Crippen molar-refractivity contribution in [2.24, 2.45) is 0 Å². The van der Waals surface area contributed by atoms with Crippen LogP contribution >= 0.6 is 11.8 Å². The van der Waals surface area contributed by atoms with E-state index in [9.17, 15) is 4.79 Å². The number of ether oxygens (including phenoxy) is 2. The van der Waals surface area contributed by atoms with Crippen LogP contribution in [0.1, 0.15) is 37.1 Å². The van der Waals surface area contributed by atoms with Gasteiger partial charge in [0.15, 0.2) is 11.5 Å². The third-order valence-corrected chi connectivity index (χ3v) is 4.84. The van der Waals surface area contributed by atoms with Crippen LogP contribution in [0, 0.1) is 0 Å². The van der Waals surface area contributed by atoms with Crippen LogP contribution < -0.4 is 14.8 Å². The Morgan fingerprint density at radius 2 is 2.08 bits per heavy atom. The Morgan fingerprint density at radius 3 is 2.76 bits per heavy atom. The predicted octanol–water partition coefficient (Wildman–Crippen LogP) is 2.76. The quantitative estimate of drug-likeness (QED) is 0.722. The van der Waals surface area contributed by atoms with E-state index in [0.29, 0.717) is 35.1 Å². The van der Waals surface area contributed by atoms with Crippen molar-refractivity contribution < 1.29 is 18.7 Å². The summed E-state index contributed by atoms with van der Waals surface area (Å²) in [7, 11) is 3.17. The number of carbonyl (C=O) groups is 1. The van der Waals surface area contributed by atoms with Gasteiger partial charge in [-0.05, 0) is 37.5 Å². The van der Waals surface area contributed by atoms with Crippen molar-refractivity contribution in [3.8, 4) is 11.5 Å². The van der Waals surface area contributed by atoms with E-state index < -0.39 is 0 Å². The number of benzene rings is 1. The molecule has 2 aromatic rings. The van der Waals surface area contributed by atoms with E-state index in [-0.39, 0.29) is 11.2 Å². The number of hydrogen-bond acceptors (Lipinski definition) is 7. The third-order valence-electron chi connectivity index (χ3n) is 3.91. The molecule has 1 aliphatic carbocycles. The molecule has 0 bridgehead atoms. The van der Waals surface area contributed by atoms with Gasteiger partial charge in [0, 0.05) is 12.5 Å². The highest BCUT2D eigenvalue weighted by Gasteiger charge is 2.30. The molecule has 1 amide bonds. The monoisotopic (exact) mass is 363 g/mol. The van der Waals surface area contributed by atoms with Crippen LogP contribution in [-0.4, -0.2) is 35.6 Å². The van der Waals surface area contributed by atoms with E-state index in [1.807, 2.05) is 25.1 Å². The summed E-state index contributed by atoms with van der Waals surface area (Å²) in [6.45, 7) is 2.22. The van der Waals surface area contributed by atoms with Crippen molar-refractivity contribution in [2.45, 2.75) is 42.7 Å². The van der Waals surface area contributed by atoms with E-state index in [0.717, 1.165) is 18.4 Å². The molecule has 1 fully saturated rings. The minimum absolute atomic E-state index is 0.0917. The average molecular weight is 363 g/mol. The Kier molecular flexibility index (Phi) is 5.47. The predicted molar refractivity (Wildman–Crippen MR) is 93.0 cm³/mol. The normalized spacial score (nSPS) is 14.8. The number of nitrogens with zero attached hydrogens (tertiary/aromatic N) is 2. The highest BCUT2D eigenvalue weighted by molar-refractivity contribution is 8.00. The van der Waals surface area contributed by atoms with Gasteiger partial charge in [0.1, 0.15) is 0 Å². The minimum atomic E-state index is -0.326. The van der Waals surface area contributed by atoms with Crippen molar-refractivity contribution in [2.75, 3.05) is 14.2 Å². The fourth-order valence-corrected chi connectivity index (χ4v) is 3.01. The lowest BCUT2D eigenvalue weighted by atomic mass is 10.2. The first kappa shape index (κ1) is 17.6. The maximum Gasteiger partial charge on any atom is 0.277 e. The summed E-state index contributed by atoms with van der Waals surface area (Å²) in [4.78, 5) is 12.3. The van der Waals surface area contributed by atoms with Gasteiger partial charge in [0.05, 0.1) is 19.5 Å². The molecular weight excluding hydrogens is 342 g/mol. The molecular formula is C17H21N3O4S. The van der Waals surface area contributed by atoms with Gasteiger partial charge in [0.25, 0.3) is 5.22 Å². The zero-order chi connectivity index (χ0) is 17.8. The summed E-state index contributed by atoms with van der Waals surface area (Å²) in [5.74, 6) is 2.29. The first-order chi connectivity index (χ1) is 12.1. The zero-order valence-electron chi connectivity index (χ0n) is 14.4. The topological polar surface area (TPSA) is 86.5 Å². The Labute approximate surface area is 150 Å². The zero-order valence-corrected chi connectivity index (χ0v) is 15.3. The van der Waals surface area contributed by atoms with Crippen molar-refractivity contribution in [3.63, 3.8) is 0 Å². The van der Waals surface area contributed by atoms with Crippen LogP contribution in [0.5, 0.6) is 11.5 Å². The fourth-order valence-electron chi connectivity index (χ4n) is 2.29. The lowest BCUT2D eigenvalue weighted by Crippen LogP contribution is -2.30. The number of nitrogens with one attached hydrogen (secondary N) is 1. The fraction of sp³-hybridized carbons (Fsp3) is 0.471. The van der Waals surface area contributed by atoms with Gasteiger partial charge < -0.3 is 19.2 Å². The van der Waals surface area contributed by atoms with E-state index in [1.54, 1.807) is 14.2 Å². The van der Waals surface area contributed by atoms with Crippen LogP contribution in [-0.2, 0) is 11.3 Å². The molecule has 25 heavy (non-hydrogen) atoms. The van der Waals surface area contributed by atoms with Crippen molar-refractivity contribution in [1.82, 2.24) is 15.5 Å². The van der Waals surface area contributed by atoms with E-state index in [1.165, 1.54) is 11.8 Å². The van der Waals surface area contributed by atoms with Gasteiger partial charge in [-0.1, -0.05) is 17.8 Å². The van der Waals surface area contributed by atoms with Gasteiger partial charge in [0.2, 0.25) is 11.8 Å². The maximum atomic E-state index is 12.3. The number of carbonyl (C=O) groups excluding carboxylic acids is 1.